The number of allylic oxidation sites excluding steroid dienone is 5. The Morgan fingerprint density at radius 1 is 1.57 bits per heavy atom. The normalized spacial score (nSPS) is 15.2. The molecule has 0 bridgehead atoms. The lowest BCUT2D eigenvalue weighted by Crippen LogP contribution is -2.00. The SMILES string of the molecule is CC(C=CI)=CC=CC(C)CC(=O)O. The molecule has 2 nitrogen and oxygen atoms in total. The van der Waals surface area contributed by atoms with Gasteiger partial charge in [-0.3, -0.25) is 4.79 Å². The van der Waals surface area contributed by atoms with E-state index in [1.165, 1.54) is 0 Å². The van der Waals surface area contributed by atoms with E-state index in [0.29, 0.717) is 0 Å². The number of halogens is 1. The van der Waals surface area contributed by atoms with Gasteiger partial charge in [-0.25, -0.2) is 0 Å². The molecule has 0 aromatic heterocycles. The maximum Gasteiger partial charge on any atom is 0.303 e. The zero-order valence-corrected chi connectivity index (χ0v) is 10.6. The number of rotatable bonds is 5. The highest BCUT2D eigenvalue weighted by molar-refractivity contribution is 14.1. The fraction of sp³-hybridized carbons (Fsp3) is 0.364. The van der Waals surface area contributed by atoms with Crippen molar-refractivity contribution in [1.29, 1.82) is 0 Å². The summed E-state index contributed by atoms with van der Waals surface area (Å²) >= 11 is 2.16. The van der Waals surface area contributed by atoms with Crippen LogP contribution >= 0.6 is 22.6 Å². The molecule has 0 aromatic carbocycles. The quantitative estimate of drug-likeness (QED) is 0.623. The minimum absolute atomic E-state index is 0.0835. The minimum Gasteiger partial charge on any atom is -0.481 e. The van der Waals surface area contributed by atoms with Gasteiger partial charge in [0.1, 0.15) is 0 Å². The number of aliphatic carboxylic acids is 1. The Bertz CT molecular complexity index is 264. The summed E-state index contributed by atoms with van der Waals surface area (Å²) in [5.74, 6) is -0.671. The smallest absolute Gasteiger partial charge is 0.303 e. The van der Waals surface area contributed by atoms with Crippen LogP contribution in [-0.2, 0) is 4.79 Å². The number of hydrogen-bond donors (Lipinski definition) is 1. The van der Waals surface area contributed by atoms with Crippen LogP contribution in [-0.4, -0.2) is 11.1 Å². The second-order valence-electron chi connectivity index (χ2n) is 3.16. The van der Waals surface area contributed by atoms with Gasteiger partial charge in [-0.2, -0.15) is 0 Å². The van der Waals surface area contributed by atoms with Crippen molar-refractivity contribution in [2.45, 2.75) is 20.3 Å². The van der Waals surface area contributed by atoms with Crippen molar-refractivity contribution in [3.05, 3.63) is 34.0 Å². The van der Waals surface area contributed by atoms with Crippen molar-refractivity contribution in [2.75, 3.05) is 0 Å². The Hall–Kier alpha value is -0.580. The summed E-state index contributed by atoms with van der Waals surface area (Å²) in [6, 6.07) is 0. The number of carboxylic acids is 1. The van der Waals surface area contributed by atoms with Gasteiger partial charge >= 0.3 is 5.97 Å². The van der Waals surface area contributed by atoms with E-state index in [1.807, 2.05) is 42.2 Å². The lowest BCUT2D eigenvalue weighted by Gasteiger charge is -1.99. The molecule has 1 unspecified atom stereocenters. The number of carbonyl (C=O) groups is 1. The fourth-order valence-corrected chi connectivity index (χ4v) is 1.46. The van der Waals surface area contributed by atoms with Crippen LogP contribution in [0.2, 0.25) is 0 Å². The zero-order valence-electron chi connectivity index (χ0n) is 8.40. The van der Waals surface area contributed by atoms with Crippen molar-refractivity contribution >= 4 is 28.6 Å². The molecule has 0 aliphatic rings. The first-order valence-electron chi connectivity index (χ1n) is 4.40. The molecule has 0 fully saturated rings. The van der Waals surface area contributed by atoms with Gasteiger partial charge in [0.15, 0.2) is 0 Å². The highest BCUT2D eigenvalue weighted by atomic mass is 127. The molecule has 78 valence electrons. The van der Waals surface area contributed by atoms with E-state index >= 15 is 0 Å². The van der Waals surface area contributed by atoms with Crippen LogP contribution in [0.1, 0.15) is 20.3 Å². The van der Waals surface area contributed by atoms with Gasteiger partial charge in [0.05, 0.1) is 6.42 Å². The fourth-order valence-electron chi connectivity index (χ4n) is 0.895. The molecule has 0 saturated carbocycles. The third kappa shape index (κ3) is 8.04. The summed E-state index contributed by atoms with van der Waals surface area (Å²) in [6.07, 6.45) is 7.95. The third-order valence-electron chi connectivity index (χ3n) is 1.62. The summed E-state index contributed by atoms with van der Waals surface area (Å²) < 4.78 is 1.94. The number of carboxylic acid groups (broad SMARTS) is 1. The van der Waals surface area contributed by atoms with Crippen LogP contribution in [0.3, 0.4) is 0 Å². The van der Waals surface area contributed by atoms with Gasteiger partial charge in [-0.05, 0) is 16.9 Å². The number of hydrogen-bond acceptors (Lipinski definition) is 1. The van der Waals surface area contributed by atoms with E-state index in [4.69, 9.17) is 5.11 Å². The standard InChI is InChI=1S/C11H15IO2/c1-9(6-7-12)4-3-5-10(2)8-11(13)14/h3-7,10H,8H2,1-2H3,(H,13,14). The molecular formula is C11H15IO2. The predicted octanol–water partition coefficient (Wildman–Crippen LogP) is 3.55. The van der Waals surface area contributed by atoms with Gasteiger partial charge in [0.25, 0.3) is 0 Å². The van der Waals surface area contributed by atoms with Gasteiger partial charge in [-0.1, -0.05) is 59.4 Å². The molecule has 0 amide bonds. The molecule has 0 heterocycles. The summed E-state index contributed by atoms with van der Waals surface area (Å²) in [5, 5.41) is 8.52. The summed E-state index contributed by atoms with van der Waals surface area (Å²) in [5.41, 5.74) is 1.15. The molecule has 0 aromatic rings. The van der Waals surface area contributed by atoms with Gasteiger partial charge < -0.3 is 5.11 Å². The summed E-state index contributed by atoms with van der Waals surface area (Å²) in [7, 11) is 0. The Balaban J connectivity index is 4.04. The minimum atomic E-state index is -0.755. The summed E-state index contributed by atoms with van der Waals surface area (Å²) in [4.78, 5) is 10.3. The van der Waals surface area contributed by atoms with Crippen LogP contribution in [0.15, 0.2) is 34.0 Å². The first-order valence-corrected chi connectivity index (χ1v) is 5.64. The average Bonchev–Trinajstić information content (AvgIpc) is 2.02. The van der Waals surface area contributed by atoms with Crippen molar-refractivity contribution in [2.24, 2.45) is 5.92 Å². The van der Waals surface area contributed by atoms with Crippen molar-refractivity contribution < 1.29 is 9.90 Å². The van der Waals surface area contributed by atoms with Crippen LogP contribution < -0.4 is 0 Å². The maximum absolute atomic E-state index is 10.3. The Morgan fingerprint density at radius 2 is 2.21 bits per heavy atom. The van der Waals surface area contributed by atoms with Gasteiger partial charge in [0, 0.05) is 0 Å². The monoisotopic (exact) mass is 306 g/mol. The molecular weight excluding hydrogens is 291 g/mol. The average molecular weight is 306 g/mol. The van der Waals surface area contributed by atoms with E-state index in [9.17, 15) is 4.79 Å². The van der Waals surface area contributed by atoms with Crippen molar-refractivity contribution in [3.63, 3.8) is 0 Å². The van der Waals surface area contributed by atoms with E-state index in [2.05, 4.69) is 22.6 Å². The van der Waals surface area contributed by atoms with Crippen LogP contribution in [0, 0.1) is 5.92 Å². The van der Waals surface area contributed by atoms with E-state index in [0.717, 1.165) is 5.57 Å². The highest BCUT2D eigenvalue weighted by Crippen LogP contribution is 2.05. The van der Waals surface area contributed by atoms with E-state index in [1.54, 1.807) is 0 Å². The third-order valence-corrected chi connectivity index (χ3v) is 1.98. The first-order chi connectivity index (χ1) is 6.56. The Labute approximate surface area is 98.5 Å². The van der Waals surface area contributed by atoms with Crippen LogP contribution in [0.4, 0.5) is 0 Å². The lowest BCUT2D eigenvalue weighted by molar-refractivity contribution is -0.137. The molecule has 3 heteroatoms. The van der Waals surface area contributed by atoms with E-state index in [-0.39, 0.29) is 12.3 Å². The molecule has 0 spiro atoms. The molecule has 14 heavy (non-hydrogen) atoms. The molecule has 0 aliphatic heterocycles. The Kier molecular flexibility index (Phi) is 7.47. The van der Waals surface area contributed by atoms with Gasteiger partial charge in [0.2, 0.25) is 0 Å². The second kappa shape index (κ2) is 7.79. The highest BCUT2D eigenvalue weighted by Gasteiger charge is 2.01. The molecule has 1 N–H and O–H groups in total. The molecule has 0 radical (unpaired) electrons. The Morgan fingerprint density at radius 3 is 2.71 bits per heavy atom. The second-order valence-corrected chi connectivity index (χ2v) is 3.88. The van der Waals surface area contributed by atoms with E-state index < -0.39 is 5.97 Å². The zero-order chi connectivity index (χ0) is 11.0. The summed E-state index contributed by atoms with van der Waals surface area (Å²) in [6.45, 7) is 3.89. The first kappa shape index (κ1) is 13.4. The molecule has 0 rings (SSSR count). The van der Waals surface area contributed by atoms with Crippen LogP contribution in [0.25, 0.3) is 0 Å². The maximum atomic E-state index is 10.3. The molecule has 1 atom stereocenters. The van der Waals surface area contributed by atoms with Crippen molar-refractivity contribution in [3.8, 4) is 0 Å². The molecule has 0 saturated heterocycles. The topological polar surface area (TPSA) is 37.3 Å². The largest absolute Gasteiger partial charge is 0.481 e. The molecule has 0 aliphatic carbocycles. The van der Waals surface area contributed by atoms with Crippen LogP contribution in [0.5, 0.6) is 0 Å². The predicted molar refractivity (Wildman–Crippen MR) is 67.5 cm³/mol. The lowest BCUT2D eigenvalue weighted by atomic mass is 10.1. The van der Waals surface area contributed by atoms with Crippen molar-refractivity contribution in [1.82, 2.24) is 0 Å². The van der Waals surface area contributed by atoms with Gasteiger partial charge in [-0.15, -0.1) is 0 Å².